The molecule has 0 N–H and O–H groups in total. The highest BCUT2D eigenvalue weighted by Crippen LogP contribution is 2.44. The lowest BCUT2D eigenvalue weighted by Gasteiger charge is -2.48. The van der Waals surface area contributed by atoms with Gasteiger partial charge in [0.1, 0.15) is 0 Å². The maximum absolute atomic E-state index is 6.19. The van der Waals surface area contributed by atoms with Gasteiger partial charge in [-0.2, -0.15) is 0 Å². The molecule has 1 rings (SSSR count). The lowest BCUT2D eigenvalue weighted by atomic mass is 9.66. The molecule has 1 aliphatic heterocycles. The highest BCUT2D eigenvalue weighted by molar-refractivity contribution is 4.91. The van der Waals surface area contributed by atoms with Crippen molar-refractivity contribution in [1.29, 1.82) is 0 Å². The zero-order valence-corrected chi connectivity index (χ0v) is 11.6. The van der Waals surface area contributed by atoms with Crippen molar-refractivity contribution in [3.63, 3.8) is 0 Å². The molecule has 0 aliphatic carbocycles. The van der Waals surface area contributed by atoms with E-state index in [0.717, 1.165) is 0 Å². The standard InChI is InChI=1S/C14H28O/c1-10-8-9-11(13(2,3)4)12(15-10)14(5,6)7/h10-12H,8-9H2,1-7H3/t10?,11-,12?/m0/s1. The van der Waals surface area contributed by atoms with Crippen LogP contribution in [-0.2, 0) is 4.74 Å². The average Bonchev–Trinajstić information content (AvgIpc) is 2.00. The van der Waals surface area contributed by atoms with E-state index in [1.165, 1.54) is 12.8 Å². The van der Waals surface area contributed by atoms with Crippen LogP contribution >= 0.6 is 0 Å². The topological polar surface area (TPSA) is 9.23 Å². The molecule has 0 amide bonds. The molecule has 1 nitrogen and oxygen atoms in total. The van der Waals surface area contributed by atoms with Gasteiger partial charge in [-0.3, -0.25) is 0 Å². The number of ether oxygens (including phenoxy) is 1. The first-order valence-electron chi connectivity index (χ1n) is 6.28. The minimum atomic E-state index is 0.257. The SMILES string of the molecule is CC1CC[C@H](C(C)(C)C)C(C(C)(C)C)O1. The van der Waals surface area contributed by atoms with E-state index in [2.05, 4.69) is 48.5 Å². The van der Waals surface area contributed by atoms with Crippen molar-refractivity contribution in [2.45, 2.75) is 73.5 Å². The Morgan fingerprint density at radius 2 is 1.40 bits per heavy atom. The van der Waals surface area contributed by atoms with Crippen LogP contribution in [0.25, 0.3) is 0 Å². The molecule has 15 heavy (non-hydrogen) atoms. The Morgan fingerprint density at radius 3 is 1.80 bits per heavy atom. The molecule has 3 atom stereocenters. The smallest absolute Gasteiger partial charge is 0.0660 e. The Morgan fingerprint density at radius 1 is 0.867 bits per heavy atom. The predicted molar refractivity (Wildman–Crippen MR) is 66.0 cm³/mol. The molecule has 1 fully saturated rings. The third-order valence-corrected chi connectivity index (χ3v) is 3.59. The first-order valence-corrected chi connectivity index (χ1v) is 6.28. The van der Waals surface area contributed by atoms with E-state index in [9.17, 15) is 0 Å². The highest BCUT2D eigenvalue weighted by Gasteiger charge is 2.42. The van der Waals surface area contributed by atoms with E-state index >= 15 is 0 Å². The predicted octanol–water partition coefficient (Wildman–Crippen LogP) is 4.26. The van der Waals surface area contributed by atoms with Gasteiger partial charge >= 0.3 is 0 Å². The van der Waals surface area contributed by atoms with Gasteiger partial charge in [0.2, 0.25) is 0 Å². The molecule has 0 bridgehead atoms. The Kier molecular flexibility index (Phi) is 3.55. The van der Waals surface area contributed by atoms with Crippen LogP contribution in [-0.4, -0.2) is 12.2 Å². The summed E-state index contributed by atoms with van der Waals surface area (Å²) in [5.74, 6) is 0.689. The van der Waals surface area contributed by atoms with Gasteiger partial charge in [0.25, 0.3) is 0 Å². The molecule has 0 aromatic rings. The summed E-state index contributed by atoms with van der Waals surface area (Å²) in [5, 5.41) is 0. The van der Waals surface area contributed by atoms with E-state index in [1.54, 1.807) is 0 Å². The van der Waals surface area contributed by atoms with Crippen LogP contribution in [0.3, 0.4) is 0 Å². The van der Waals surface area contributed by atoms with Gasteiger partial charge in [0.05, 0.1) is 12.2 Å². The molecule has 1 saturated heterocycles. The fourth-order valence-electron chi connectivity index (χ4n) is 2.67. The van der Waals surface area contributed by atoms with Gasteiger partial charge in [-0.25, -0.2) is 0 Å². The molecular formula is C14H28O. The molecule has 90 valence electrons. The van der Waals surface area contributed by atoms with E-state index in [1.807, 2.05) is 0 Å². The van der Waals surface area contributed by atoms with Crippen molar-refractivity contribution in [3.05, 3.63) is 0 Å². The van der Waals surface area contributed by atoms with Crippen LogP contribution in [0.4, 0.5) is 0 Å². The Bertz CT molecular complexity index is 206. The van der Waals surface area contributed by atoms with Crippen molar-refractivity contribution in [1.82, 2.24) is 0 Å². The molecule has 0 radical (unpaired) electrons. The normalized spacial score (nSPS) is 34.2. The first-order chi connectivity index (χ1) is 6.62. The third-order valence-electron chi connectivity index (χ3n) is 3.59. The lowest BCUT2D eigenvalue weighted by Crippen LogP contribution is -2.47. The van der Waals surface area contributed by atoms with E-state index in [-0.39, 0.29) is 5.41 Å². The molecule has 1 heteroatoms. The quantitative estimate of drug-likeness (QED) is 0.583. The van der Waals surface area contributed by atoms with E-state index in [4.69, 9.17) is 4.74 Å². The molecule has 0 aromatic carbocycles. The molecular weight excluding hydrogens is 184 g/mol. The second-order valence-electron chi connectivity index (χ2n) is 7.28. The minimum Gasteiger partial charge on any atom is -0.374 e. The maximum atomic E-state index is 6.19. The van der Waals surface area contributed by atoms with Crippen LogP contribution in [0.1, 0.15) is 61.3 Å². The van der Waals surface area contributed by atoms with Gasteiger partial charge in [-0.1, -0.05) is 41.5 Å². The van der Waals surface area contributed by atoms with Gasteiger partial charge in [-0.05, 0) is 36.5 Å². The van der Waals surface area contributed by atoms with Crippen LogP contribution in [0, 0.1) is 16.7 Å². The third kappa shape index (κ3) is 3.21. The van der Waals surface area contributed by atoms with Crippen LogP contribution in [0.2, 0.25) is 0 Å². The fourth-order valence-corrected chi connectivity index (χ4v) is 2.67. The zero-order chi connectivity index (χ0) is 11.9. The zero-order valence-electron chi connectivity index (χ0n) is 11.6. The van der Waals surface area contributed by atoms with Crippen LogP contribution in [0.15, 0.2) is 0 Å². The summed E-state index contributed by atoms with van der Waals surface area (Å²) in [6.07, 6.45) is 3.37. The van der Waals surface area contributed by atoms with E-state index in [0.29, 0.717) is 23.5 Å². The summed E-state index contributed by atoms with van der Waals surface area (Å²) in [6.45, 7) is 16.1. The lowest BCUT2D eigenvalue weighted by molar-refractivity contribution is -0.148. The van der Waals surface area contributed by atoms with Crippen molar-refractivity contribution in [2.24, 2.45) is 16.7 Å². The molecule has 0 aromatic heterocycles. The van der Waals surface area contributed by atoms with Gasteiger partial charge in [0.15, 0.2) is 0 Å². The summed E-state index contributed by atoms with van der Waals surface area (Å²) >= 11 is 0. The molecule has 2 unspecified atom stereocenters. The van der Waals surface area contributed by atoms with Gasteiger partial charge in [0, 0.05) is 0 Å². The number of hydrogen-bond acceptors (Lipinski definition) is 1. The van der Waals surface area contributed by atoms with Crippen molar-refractivity contribution in [2.75, 3.05) is 0 Å². The maximum Gasteiger partial charge on any atom is 0.0660 e. The minimum absolute atomic E-state index is 0.257. The molecule has 0 saturated carbocycles. The molecule has 1 heterocycles. The number of hydrogen-bond donors (Lipinski definition) is 0. The summed E-state index contributed by atoms with van der Waals surface area (Å²) in [6, 6.07) is 0. The van der Waals surface area contributed by atoms with Crippen LogP contribution < -0.4 is 0 Å². The van der Waals surface area contributed by atoms with Crippen molar-refractivity contribution >= 4 is 0 Å². The summed E-state index contributed by atoms with van der Waals surface area (Å²) < 4.78 is 6.19. The fraction of sp³-hybridized carbons (Fsp3) is 1.00. The average molecular weight is 212 g/mol. The van der Waals surface area contributed by atoms with Crippen LogP contribution in [0.5, 0.6) is 0 Å². The summed E-state index contributed by atoms with van der Waals surface area (Å²) in [4.78, 5) is 0. The Hall–Kier alpha value is -0.0400. The summed E-state index contributed by atoms with van der Waals surface area (Å²) in [5.41, 5.74) is 0.616. The second-order valence-corrected chi connectivity index (χ2v) is 7.28. The van der Waals surface area contributed by atoms with Gasteiger partial charge in [-0.15, -0.1) is 0 Å². The number of rotatable bonds is 0. The molecule has 1 aliphatic rings. The molecule has 0 spiro atoms. The highest BCUT2D eigenvalue weighted by atomic mass is 16.5. The Balaban J connectivity index is 2.85. The van der Waals surface area contributed by atoms with Gasteiger partial charge < -0.3 is 4.74 Å². The van der Waals surface area contributed by atoms with Crippen molar-refractivity contribution in [3.8, 4) is 0 Å². The van der Waals surface area contributed by atoms with E-state index < -0.39 is 0 Å². The summed E-state index contributed by atoms with van der Waals surface area (Å²) in [7, 11) is 0. The second kappa shape index (κ2) is 4.08. The monoisotopic (exact) mass is 212 g/mol. The first kappa shape index (κ1) is 13.0. The largest absolute Gasteiger partial charge is 0.374 e. The van der Waals surface area contributed by atoms with Crippen molar-refractivity contribution < 1.29 is 4.74 Å². The Labute approximate surface area is 95.6 Å².